The van der Waals surface area contributed by atoms with E-state index in [4.69, 9.17) is 9.47 Å². The molecular weight excluding hydrogens is 496 g/mol. The highest BCUT2D eigenvalue weighted by atomic mass is 79.9. The third kappa shape index (κ3) is 4.41. The molecule has 0 radical (unpaired) electrons. The van der Waals surface area contributed by atoms with E-state index in [1.165, 1.54) is 5.69 Å². The molecule has 0 aliphatic carbocycles. The largest absolute Gasteiger partial charge is 0.507 e. The van der Waals surface area contributed by atoms with Gasteiger partial charge < -0.3 is 19.5 Å². The van der Waals surface area contributed by atoms with Crippen LogP contribution in [0.25, 0.3) is 6.08 Å². The molecule has 2 aliphatic rings. The lowest BCUT2D eigenvalue weighted by molar-refractivity contribution is 0.101. The highest BCUT2D eigenvalue weighted by Gasteiger charge is 2.32. The second kappa shape index (κ2) is 9.52. The number of phenolic OH excluding ortho intramolecular Hbond substituents is 1. The van der Waals surface area contributed by atoms with Crippen LogP contribution in [0.15, 0.2) is 70.9 Å². The van der Waals surface area contributed by atoms with E-state index in [0.717, 1.165) is 36.2 Å². The minimum absolute atomic E-state index is 0.137. The van der Waals surface area contributed by atoms with Crippen molar-refractivity contribution < 1.29 is 19.4 Å². The van der Waals surface area contributed by atoms with E-state index in [0.29, 0.717) is 29.2 Å². The van der Waals surface area contributed by atoms with E-state index in [1.807, 2.05) is 24.3 Å². The summed E-state index contributed by atoms with van der Waals surface area (Å²) < 4.78 is 12.3. The maximum Gasteiger partial charge on any atom is 0.231 e. The van der Waals surface area contributed by atoms with E-state index < -0.39 is 0 Å². The van der Waals surface area contributed by atoms with Gasteiger partial charge in [0.05, 0.1) is 18.2 Å². The molecular formula is C27H25BrN2O4. The number of halogens is 1. The second-order valence-electron chi connectivity index (χ2n) is 8.36. The summed E-state index contributed by atoms with van der Waals surface area (Å²) in [5, 5.41) is 10.6. The van der Waals surface area contributed by atoms with Gasteiger partial charge >= 0.3 is 0 Å². The fourth-order valence-electron chi connectivity index (χ4n) is 4.44. The minimum Gasteiger partial charge on any atom is -0.507 e. The van der Waals surface area contributed by atoms with Gasteiger partial charge in [-0.25, -0.2) is 0 Å². The van der Waals surface area contributed by atoms with Crippen molar-refractivity contribution in [2.24, 2.45) is 0 Å². The molecule has 0 atom stereocenters. The van der Waals surface area contributed by atoms with E-state index in [2.05, 4.69) is 50.0 Å². The average molecular weight is 521 g/mol. The number of hydrogen-bond donors (Lipinski definition) is 1. The van der Waals surface area contributed by atoms with Gasteiger partial charge in [0.15, 0.2) is 5.76 Å². The molecule has 34 heavy (non-hydrogen) atoms. The normalized spacial score (nSPS) is 17.1. The van der Waals surface area contributed by atoms with Crippen LogP contribution in [0.3, 0.4) is 0 Å². The maximum absolute atomic E-state index is 13.1. The lowest BCUT2D eigenvalue weighted by Gasteiger charge is -2.36. The summed E-state index contributed by atoms with van der Waals surface area (Å²) in [6.45, 7) is 4.01. The van der Waals surface area contributed by atoms with Crippen molar-refractivity contribution in [1.82, 2.24) is 4.90 Å². The molecule has 0 amide bonds. The van der Waals surface area contributed by atoms with Crippen molar-refractivity contribution in [3.05, 3.63) is 87.6 Å². The van der Waals surface area contributed by atoms with Crippen molar-refractivity contribution in [3.63, 3.8) is 0 Å². The first-order chi connectivity index (χ1) is 16.5. The zero-order valence-electron chi connectivity index (χ0n) is 18.8. The highest BCUT2D eigenvalue weighted by Crippen LogP contribution is 2.41. The van der Waals surface area contributed by atoms with Crippen LogP contribution in [0.1, 0.15) is 21.5 Å². The third-order valence-electron chi connectivity index (χ3n) is 6.27. The Kier molecular flexibility index (Phi) is 6.30. The number of anilines is 1. The predicted octanol–water partition coefficient (Wildman–Crippen LogP) is 5.10. The summed E-state index contributed by atoms with van der Waals surface area (Å²) in [4.78, 5) is 17.7. The number of aromatic hydroxyl groups is 1. The Balaban J connectivity index is 1.36. The Labute approximate surface area is 207 Å². The number of allylic oxidation sites excluding steroid dienone is 1. The molecule has 0 aromatic heterocycles. The van der Waals surface area contributed by atoms with Crippen LogP contribution >= 0.6 is 15.9 Å². The second-order valence-corrected chi connectivity index (χ2v) is 9.28. The molecule has 174 valence electrons. The Morgan fingerprint density at radius 2 is 1.82 bits per heavy atom. The summed E-state index contributed by atoms with van der Waals surface area (Å²) >= 11 is 3.46. The molecule has 7 heteroatoms. The number of fused-ring (bicyclic) bond motifs is 1. The van der Waals surface area contributed by atoms with Gasteiger partial charge in [-0.1, -0.05) is 34.1 Å². The monoisotopic (exact) mass is 520 g/mol. The number of Topliss-reactive ketones (excluding diaryl/α,β-unsaturated/α-hetero) is 1. The van der Waals surface area contributed by atoms with Crippen molar-refractivity contribution in [1.29, 1.82) is 0 Å². The molecule has 0 saturated carbocycles. The summed E-state index contributed by atoms with van der Waals surface area (Å²) in [5.74, 6) is 1.23. The number of carbonyl (C=O) groups excluding carboxylic acids is 1. The van der Waals surface area contributed by atoms with Crippen LogP contribution in [-0.2, 0) is 6.54 Å². The van der Waals surface area contributed by atoms with Gasteiger partial charge in [0.2, 0.25) is 5.78 Å². The lowest BCUT2D eigenvalue weighted by Crippen LogP contribution is -2.46. The highest BCUT2D eigenvalue weighted by molar-refractivity contribution is 9.10. The summed E-state index contributed by atoms with van der Waals surface area (Å²) in [6.07, 6.45) is 1.69. The molecule has 5 rings (SSSR count). The van der Waals surface area contributed by atoms with Crippen LogP contribution in [0.4, 0.5) is 5.69 Å². The van der Waals surface area contributed by atoms with Gasteiger partial charge in [-0.3, -0.25) is 9.69 Å². The number of ketones is 1. The predicted molar refractivity (Wildman–Crippen MR) is 136 cm³/mol. The molecule has 0 spiro atoms. The van der Waals surface area contributed by atoms with Gasteiger partial charge in [0.1, 0.15) is 17.2 Å². The Bertz CT molecular complexity index is 1250. The fourth-order valence-corrected chi connectivity index (χ4v) is 4.81. The Morgan fingerprint density at radius 1 is 1.06 bits per heavy atom. The number of para-hydroxylation sites is 1. The first-order valence-electron chi connectivity index (χ1n) is 11.2. The summed E-state index contributed by atoms with van der Waals surface area (Å²) in [5.41, 5.74) is 3.06. The van der Waals surface area contributed by atoms with Gasteiger partial charge in [-0.05, 0) is 48.5 Å². The van der Waals surface area contributed by atoms with Crippen molar-refractivity contribution >= 4 is 33.5 Å². The number of ether oxygens (including phenoxy) is 2. The molecule has 2 heterocycles. The molecule has 1 N–H and O–H groups in total. The van der Waals surface area contributed by atoms with Crippen molar-refractivity contribution in [3.8, 4) is 17.2 Å². The zero-order valence-corrected chi connectivity index (χ0v) is 20.4. The van der Waals surface area contributed by atoms with Crippen LogP contribution in [0.5, 0.6) is 17.2 Å². The topological polar surface area (TPSA) is 62.2 Å². The Hall–Kier alpha value is -3.29. The van der Waals surface area contributed by atoms with Crippen LogP contribution < -0.4 is 14.4 Å². The molecule has 3 aromatic rings. The number of methoxy groups -OCH3 is 1. The van der Waals surface area contributed by atoms with Crippen LogP contribution in [-0.4, -0.2) is 49.1 Å². The van der Waals surface area contributed by atoms with E-state index in [1.54, 1.807) is 25.3 Å². The van der Waals surface area contributed by atoms with Crippen molar-refractivity contribution in [2.75, 3.05) is 38.2 Å². The van der Waals surface area contributed by atoms with E-state index in [9.17, 15) is 9.90 Å². The number of piperazine rings is 1. The molecule has 1 saturated heterocycles. The number of benzene rings is 3. The van der Waals surface area contributed by atoms with Gasteiger partial charge in [0, 0.05) is 48.4 Å². The molecule has 2 aliphatic heterocycles. The molecule has 1 fully saturated rings. The van der Waals surface area contributed by atoms with E-state index in [-0.39, 0.29) is 17.3 Å². The number of nitrogens with zero attached hydrogens (tertiary/aromatic N) is 2. The van der Waals surface area contributed by atoms with Gasteiger partial charge in [-0.2, -0.15) is 0 Å². The SMILES string of the molecule is COc1ccc(Br)cc1/C=C1\Oc2c(ccc(O)c2CN2CCN(c3ccccc3)CC2)C1=O. The number of rotatable bonds is 5. The maximum atomic E-state index is 13.1. The van der Waals surface area contributed by atoms with Gasteiger partial charge in [-0.15, -0.1) is 0 Å². The first-order valence-corrected chi connectivity index (χ1v) is 12.0. The van der Waals surface area contributed by atoms with E-state index >= 15 is 0 Å². The van der Waals surface area contributed by atoms with Crippen LogP contribution in [0, 0.1) is 0 Å². The third-order valence-corrected chi connectivity index (χ3v) is 6.76. The van der Waals surface area contributed by atoms with Gasteiger partial charge in [0.25, 0.3) is 0 Å². The number of hydrogen-bond acceptors (Lipinski definition) is 6. The smallest absolute Gasteiger partial charge is 0.231 e. The summed E-state index contributed by atoms with van der Waals surface area (Å²) in [7, 11) is 1.59. The number of phenols is 1. The summed E-state index contributed by atoms with van der Waals surface area (Å²) in [6, 6.07) is 19.2. The van der Waals surface area contributed by atoms with Crippen molar-refractivity contribution in [2.45, 2.75) is 6.54 Å². The molecule has 6 nitrogen and oxygen atoms in total. The average Bonchev–Trinajstić information content (AvgIpc) is 3.17. The standard InChI is InChI=1S/C27H25BrN2O4/c1-33-24-10-7-19(28)15-18(24)16-25-26(32)21-8-9-23(31)22(27(21)34-25)17-29-11-13-30(14-12-29)20-5-3-2-4-6-20/h2-10,15-16,31H,11-14,17H2,1H3/b25-16-. The lowest BCUT2D eigenvalue weighted by atomic mass is 10.0. The quantitative estimate of drug-likeness (QED) is 0.472. The Morgan fingerprint density at radius 3 is 2.56 bits per heavy atom. The minimum atomic E-state index is -0.202. The molecule has 0 bridgehead atoms. The molecule has 3 aromatic carbocycles. The first kappa shape index (κ1) is 22.5. The molecule has 0 unspecified atom stereocenters. The van der Waals surface area contributed by atoms with Crippen LogP contribution in [0.2, 0.25) is 0 Å². The fraction of sp³-hybridized carbons (Fsp3) is 0.222. The number of carbonyl (C=O) groups is 1. The zero-order chi connectivity index (χ0) is 23.7.